The van der Waals surface area contributed by atoms with Gasteiger partial charge >= 0.3 is 6.18 Å². The van der Waals surface area contributed by atoms with Gasteiger partial charge in [0.2, 0.25) is 0 Å². The summed E-state index contributed by atoms with van der Waals surface area (Å²) in [4.78, 5) is 3.79. The van der Waals surface area contributed by atoms with Crippen LogP contribution in [0.25, 0.3) is 0 Å². The monoisotopic (exact) mass is 230 g/mol. The van der Waals surface area contributed by atoms with Crippen LogP contribution in [0.15, 0.2) is 18.3 Å². The molecule has 1 fully saturated rings. The van der Waals surface area contributed by atoms with Crippen LogP contribution in [-0.2, 0) is 12.7 Å². The molecule has 1 heterocycles. The number of nitrogens with one attached hydrogen (secondary N) is 1. The number of hydrogen-bond acceptors (Lipinski definition) is 2. The molecule has 0 aliphatic heterocycles. The molecule has 1 aliphatic carbocycles. The minimum absolute atomic E-state index is 0.171. The van der Waals surface area contributed by atoms with Crippen molar-refractivity contribution in [2.24, 2.45) is 0 Å². The van der Waals surface area contributed by atoms with E-state index in [2.05, 4.69) is 17.2 Å². The number of hydrogen-bond donors (Lipinski definition) is 1. The number of alkyl halides is 3. The second-order valence-electron chi connectivity index (χ2n) is 4.45. The van der Waals surface area contributed by atoms with Crippen LogP contribution >= 0.6 is 0 Å². The Hall–Kier alpha value is -1.10. The molecule has 0 atom stereocenters. The van der Waals surface area contributed by atoms with Gasteiger partial charge in [-0.15, -0.1) is 0 Å². The lowest BCUT2D eigenvalue weighted by Crippen LogP contribution is -2.27. The lowest BCUT2D eigenvalue weighted by Gasteiger charge is -2.11. The van der Waals surface area contributed by atoms with Gasteiger partial charge in [0, 0.05) is 18.3 Å². The molecular weight excluding hydrogens is 217 g/mol. The highest BCUT2D eigenvalue weighted by Gasteiger charge is 2.36. The Labute approximate surface area is 91.9 Å². The molecule has 0 unspecified atom stereocenters. The molecule has 1 saturated carbocycles. The molecule has 0 saturated heterocycles. The summed E-state index contributed by atoms with van der Waals surface area (Å²) in [7, 11) is 0. The van der Waals surface area contributed by atoms with Gasteiger partial charge in [-0.05, 0) is 31.9 Å². The summed E-state index contributed by atoms with van der Waals surface area (Å²) in [5.41, 5.74) is 0.111. The first-order valence-electron chi connectivity index (χ1n) is 5.16. The molecule has 88 valence electrons. The number of pyridine rings is 1. The molecule has 0 amide bonds. The van der Waals surface area contributed by atoms with Crippen LogP contribution in [0.4, 0.5) is 13.2 Å². The fraction of sp³-hybridized carbons (Fsp3) is 0.545. The van der Waals surface area contributed by atoms with Gasteiger partial charge in [-0.25, -0.2) is 0 Å². The van der Waals surface area contributed by atoms with E-state index in [-0.39, 0.29) is 5.54 Å². The third kappa shape index (κ3) is 2.72. The van der Waals surface area contributed by atoms with Gasteiger partial charge in [0.15, 0.2) is 0 Å². The van der Waals surface area contributed by atoms with Gasteiger partial charge in [0.25, 0.3) is 0 Å². The molecule has 0 spiro atoms. The van der Waals surface area contributed by atoms with E-state index in [9.17, 15) is 13.2 Å². The molecule has 0 bridgehead atoms. The molecule has 0 aromatic carbocycles. The molecule has 1 N–H and O–H groups in total. The van der Waals surface area contributed by atoms with Gasteiger partial charge in [-0.3, -0.25) is 4.98 Å². The molecular formula is C11H13F3N2. The van der Waals surface area contributed by atoms with Gasteiger partial charge in [-0.2, -0.15) is 13.2 Å². The van der Waals surface area contributed by atoms with Gasteiger partial charge < -0.3 is 5.32 Å². The SMILES string of the molecule is CC1(NCc2ccc(C(F)(F)F)cn2)CC1. The van der Waals surface area contributed by atoms with E-state index in [1.165, 1.54) is 6.07 Å². The molecule has 1 aromatic rings. The number of nitrogens with zero attached hydrogens (tertiary/aromatic N) is 1. The van der Waals surface area contributed by atoms with Crippen LogP contribution in [0, 0.1) is 0 Å². The summed E-state index contributed by atoms with van der Waals surface area (Å²) in [6.07, 6.45) is -1.19. The van der Waals surface area contributed by atoms with E-state index in [1.807, 2.05) is 0 Å². The van der Waals surface area contributed by atoms with E-state index in [1.54, 1.807) is 0 Å². The highest BCUT2D eigenvalue weighted by atomic mass is 19.4. The Morgan fingerprint density at radius 2 is 2.06 bits per heavy atom. The quantitative estimate of drug-likeness (QED) is 0.863. The fourth-order valence-corrected chi connectivity index (χ4v) is 1.36. The average molecular weight is 230 g/mol. The molecule has 0 radical (unpaired) electrons. The second-order valence-corrected chi connectivity index (χ2v) is 4.45. The summed E-state index contributed by atoms with van der Waals surface area (Å²) < 4.78 is 36.7. The van der Waals surface area contributed by atoms with Crippen LogP contribution < -0.4 is 5.32 Å². The maximum absolute atomic E-state index is 12.2. The molecule has 5 heteroatoms. The normalized spacial score (nSPS) is 18.5. The Morgan fingerprint density at radius 1 is 1.38 bits per heavy atom. The maximum atomic E-state index is 12.2. The standard InChI is InChI=1S/C11H13F3N2/c1-10(4-5-10)16-7-9-3-2-8(6-15-9)11(12,13)14/h2-3,6,16H,4-5,7H2,1H3. The summed E-state index contributed by atoms with van der Waals surface area (Å²) in [6.45, 7) is 2.62. The zero-order chi connectivity index (χ0) is 11.8. The highest BCUT2D eigenvalue weighted by molar-refractivity contribution is 5.17. The summed E-state index contributed by atoms with van der Waals surface area (Å²) in [6, 6.07) is 2.49. The van der Waals surface area contributed by atoms with Crippen molar-refractivity contribution in [2.75, 3.05) is 0 Å². The van der Waals surface area contributed by atoms with Crippen molar-refractivity contribution in [1.82, 2.24) is 10.3 Å². The van der Waals surface area contributed by atoms with E-state index in [0.29, 0.717) is 12.2 Å². The fourth-order valence-electron chi connectivity index (χ4n) is 1.36. The predicted octanol–water partition coefficient (Wildman–Crippen LogP) is 2.74. The Balaban J connectivity index is 1.96. The lowest BCUT2D eigenvalue weighted by molar-refractivity contribution is -0.137. The van der Waals surface area contributed by atoms with Crippen LogP contribution in [0.2, 0.25) is 0 Å². The third-order valence-electron chi connectivity index (χ3n) is 2.85. The summed E-state index contributed by atoms with van der Waals surface area (Å²) >= 11 is 0. The number of halogens is 3. The topological polar surface area (TPSA) is 24.9 Å². The van der Waals surface area contributed by atoms with Crippen molar-refractivity contribution in [3.63, 3.8) is 0 Å². The van der Waals surface area contributed by atoms with Crippen LogP contribution in [0.1, 0.15) is 31.0 Å². The third-order valence-corrected chi connectivity index (χ3v) is 2.85. The molecule has 16 heavy (non-hydrogen) atoms. The molecule has 1 aromatic heterocycles. The lowest BCUT2D eigenvalue weighted by atomic mass is 10.2. The first-order chi connectivity index (χ1) is 7.39. The van der Waals surface area contributed by atoms with E-state index >= 15 is 0 Å². The van der Waals surface area contributed by atoms with Crippen molar-refractivity contribution in [1.29, 1.82) is 0 Å². The van der Waals surface area contributed by atoms with Crippen LogP contribution in [0.3, 0.4) is 0 Å². The minimum atomic E-state index is -4.30. The van der Waals surface area contributed by atoms with Gasteiger partial charge in [-0.1, -0.05) is 0 Å². The van der Waals surface area contributed by atoms with Gasteiger partial charge in [0.1, 0.15) is 0 Å². The van der Waals surface area contributed by atoms with Crippen molar-refractivity contribution < 1.29 is 13.2 Å². The molecule has 2 rings (SSSR count). The Kier molecular flexibility index (Phi) is 2.66. The summed E-state index contributed by atoms with van der Waals surface area (Å²) in [5.74, 6) is 0. The molecule has 1 aliphatic rings. The van der Waals surface area contributed by atoms with Crippen molar-refractivity contribution in [3.8, 4) is 0 Å². The Morgan fingerprint density at radius 3 is 2.50 bits per heavy atom. The largest absolute Gasteiger partial charge is 0.417 e. The highest BCUT2D eigenvalue weighted by Crippen LogP contribution is 2.34. The van der Waals surface area contributed by atoms with E-state index in [0.717, 1.165) is 25.1 Å². The second kappa shape index (κ2) is 3.73. The predicted molar refractivity (Wildman–Crippen MR) is 53.7 cm³/mol. The zero-order valence-corrected chi connectivity index (χ0v) is 8.93. The maximum Gasteiger partial charge on any atom is 0.417 e. The first kappa shape index (κ1) is 11.4. The Bertz CT molecular complexity index is 366. The van der Waals surface area contributed by atoms with Gasteiger partial charge in [0.05, 0.1) is 11.3 Å². The average Bonchev–Trinajstić information content (AvgIpc) is 2.94. The van der Waals surface area contributed by atoms with Crippen molar-refractivity contribution >= 4 is 0 Å². The van der Waals surface area contributed by atoms with Crippen LogP contribution in [0.5, 0.6) is 0 Å². The first-order valence-corrected chi connectivity index (χ1v) is 5.16. The van der Waals surface area contributed by atoms with Crippen LogP contribution in [-0.4, -0.2) is 10.5 Å². The van der Waals surface area contributed by atoms with E-state index in [4.69, 9.17) is 0 Å². The summed E-state index contributed by atoms with van der Waals surface area (Å²) in [5, 5.41) is 3.26. The van der Waals surface area contributed by atoms with E-state index < -0.39 is 11.7 Å². The smallest absolute Gasteiger partial charge is 0.306 e. The van der Waals surface area contributed by atoms with Crippen molar-refractivity contribution in [2.45, 2.75) is 38.0 Å². The number of rotatable bonds is 3. The minimum Gasteiger partial charge on any atom is -0.306 e. The molecule has 2 nitrogen and oxygen atoms in total. The number of aromatic nitrogens is 1. The van der Waals surface area contributed by atoms with Crippen molar-refractivity contribution in [3.05, 3.63) is 29.6 Å². The zero-order valence-electron chi connectivity index (χ0n) is 8.93.